The lowest BCUT2D eigenvalue weighted by atomic mass is 10.0. The third-order valence-electron chi connectivity index (χ3n) is 3.30. The molecule has 0 radical (unpaired) electrons. The number of para-hydroxylation sites is 1. The van der Waals surface area contributed by atoms with Crippen molar-refractivity contribution in [1.29, 1.82) is 0 Å². The Kier molecular flexibility index (Phi) is 4.25. The van der Waals surface area contributed by atoms with Crippen LogP contribution in [0.4, 0.5) is 0 Å². The molecule has 4 heteroatoms. The molecule has 1 aromatic rings. The molecule has 1 fully saturated rings. The van der Waals surface area contributed by atoms with Gasteiger partial charge in [0.05, 0.1) is 0 Å². The number of hydrogen-bond acceptors (Lipinski definition) is 2. The van der Waals surface area contributed by atoms with Gasteiger partial charge in [-0.25, -0.2) is 0 Å². The third kappa shape index (κ3) is 3.58. The SMILES string of the molecule is O=P(O)(COc1ccccc1)C1CCCCC1. The Hall–Kier alpha value is -0.790. The lowest BCUT2D eigenvalue weighted by Crippen LogP contribution is -2.16. The minimum absolute atomic E-state index is 0.0539. The van der Waals surface area contributed by atoms with Crippen LogP contribution in [0.1, 0.15) is 32.1 Å². The molecule has 0 aromatic heterocycles. The molecule has 1 aliphatic rings. The second-order valence-electron chi connectivity index (χ2n) is 4.63. The first-order chi connectivity index (χ1) is 8.18. The Balaban J connectivity index is 1.90. The molecule has 0 aliphatic heterocycles. The first-order valence-electron chi connectivity index (χ1n) is 6.18. The zero-order valence-electron chi connectivity index (χ0n) is 9.92. The van der Waals surface area contributed by atoms with Crippen molar-refractivity contribution >= 4 is 7.37 Å². The maximum Gasteiger partial charge on any atom is 0.239 e. The highest BCUT2D eigenvalue weighted by molar-refractivity contribution is 7.58. The first-order valence-corrected chi connectivity index (χ1v) is 8.09. The summed E-state index contributed by atoms with van der Waals surface area (Å²) in [6.07, 6.45) is 5.01. The molecule has 0 heterocycles. The number of benzene rings is 1. The number of rotatable bonds is 4. The topological polar surface area (TPSA) is 46.5 Å². The second kappa shape index (κ2) is 5.70. The van der Waals surface area contributed by atoms with Gasteiger partial charge in [0.1, 0.15) is 5.75 Å². The van der Waals surface area contributed by atoms with Crippen LogP contribution in [0.3, 0.4) is 0 Å². The molecular formula is C13H19O3P. The monoisotopic (exact) mass is 254 g/mol. The molecule has 2 rings (SSSR count). The maximum absolute atomic E-state index is 12.2. The average molecular weight is 254 g/mol. The largest absolute Gasteiger partial charge is 0.484 e. The Labute approximate surface area is 102 Å². The van der Waals surface area contributed by atoms with Crippen LogP contribution in [-0.2, 0) is 4.57 Å². The smallest absolute Gasteiger partial charge is 0.239 e. The van der Waals surface area contributed by atoms with Gasteiger partial charge in [-0.1, -0.05) is 37.5 Å². The van der Waals surface area contributed by atoms with Crippen LogP contribution in [0.15, 0.2) is 30.3 Å². The van der Waals surface area contributed by atoms with Crippen molar-refractivity contribution in [3.8, 4) is 5.75 Å². The van der Waals surface area contributed by atoms with Crippen LogP contribution < -0.4 is 4.74 Å². The molecule has 3 nitrogen and oxygen atoms in total. The third-order valence-corrected chi connectivity index (χ3v) is 5.46. The first kappa shape index (κ1) is 12.7. The summed E-state index contributed by atoms with van der Waals surface area (Å²) in [7, 11) is -3.16. The summed E-state index contributed by atoms with van der Waals surface area (Å²) in [4.78, 5) is 10.0. The lowest BCUT2D eigenvalue weighted by molar-refractivity contribution is 0.335. The van der Waals surface area contributed by atoms with E-state index < -0.39 is 7.37 Å². The molecule has 1 aromatic carbocycles. The van der Waals surface area contributed by atoms with E-state index in [0.717, 1.165) is 25.7 Å². The Morgan fingerprint density at radius 3 is 2.47 bits per heavy atom. The van der Waals surface area contributed by atoms with Gasteiger partial charge in [-0.15, -0.1) is 0 Å². The van der Waals surface area contributed by atoms with E-state index in [0.29, 0.717) is 5.75 Å². The van der Waals surface area contributed by atoms with Crippen LogP contribution in [0.5, 0.6) is 5.75 Å². The van der Waals surface area contributed by atoms with Gasteiger partial charge in [0.15, 0.2) is 6.35 Å². The van der Waals surface area contributed by atoms with E-state index in [-0.39, 0.29) is 12.0 Å². The van der Waals surface area contributed by atoms with Gasteiger partial charge in [-0.05, 0) is 25.0 Å². The minimum atomic E-state index is -3.16. The van der Waals surface area contributed by atoms with Crippen molar-refractivity contribution < 1.29 is 14.2 Å². The fourth-order valence-electron chi connectivity index (χ4n) is 2.27. The van der Waals surface area contributed by atoms with E-state index in [1.54, 1.807) is 12.1 Å². The molecule has 1 unspecified atom stereocenters. The maximum atomic E-state index is 12.2. The highest BCUT2D eigenvalue weighted by atomic mass is 31.2. The van der Waals surface area contributed by atoms with E-state index in [2.05, 4.69) is 0 Å². The van der Waals surface area contributed by atoms with Crippen LogP contribution in [-0.4, -0.2) is 16.9 Å². The van der Waals surface area contributed by atoms with Crippen molar-refractivity contribution in [2.24, 2.45) is 0 Å². The van der Waals surface area contributed by atoms with Gasteiger partial charge in [0, 0.05) is 5.66 Å². The summed E-state index contributed by atoms with van der Waals surface area (Å²) in [5.41, 5.74) is -0.0556. The summed E-state index contributed by atoms with van der Waals surface area (Å²) in [5.74, 6) is 0.664. The summed E-state index contributed by atoms with van der Waals surface area (Å²) in [5, 5.41) is 0. The fraction of sp³-hybridized carbons (Fsp3) is 0.538. The highest BCUT2D eigenvalue weighted by Gasteiger charge is 2.32. The molecule has 0 saturated heterocycles. The Morgan fingerprint density at radius 1 is 1.18 bits per heavy atom. The molecular weight excluding hydrogens is 235 g/mol. The van der Waals surface area contributed by atoms with Crippen molar-refractivity contribution in [3.05, 3.63) is 30.3 Å². The predicted molar refractivity (Wildman–Crippen MR) is 68.6 cm³/mol. The van der Waals surface area contributed by atoms with E-state index in [1.165, 1.54) is 6.42 Å². The van der Waals surface area contributed by atoms with Crippen molar-refractivity contribution in [3.63, 3.8) is 0 Å². The average Bonchev–Trinajstić information content (AvgIpc) is 2.39. The zero-order valence-corrected chi connectivity index (χ0v) is 10.8. The minimum Gasteiger partial charge on any atom is -0.484 e. The molecule has 0 amide bonds. The predicted octanol–water partition coefficient (Wildman–Crippen LogP) is 3.63. The van der Waals surface area contributed by atoms with Crippen LogP contribution in [0.2, 0.25) is 0 Å². The molecule has 0 spiro atoms. The summed E-state index contributed by atoms with van der Waals surface area (Å²) >= 11 is 0. The van der Waals surface area contributed by atoms with Crippen molar-refractivity contribution in [2.45, 2.75) is 37.8 Å². The molecule has 17 heavy (non-hydrogen) atoms. The molecule has 0 bridgehead atoms. The normalized spacial score (nSPS) is 20.8. The zero-order chi connectivity index (χ0) is 12.1. The van der Waals surface area contributed by atoms with Gasteiger partial charge in [0.2, 0.25) is 7.37 Å². The van der Waals surface area contributed by atoms with Crippen LogP contribution in [0.25, 0.3) is 0 Å². The number of ether oxygens (including phenoxy) is 1. The lowest BCUT2D eigenvalue weighted by Gasteiger charge is -2.26. The van der Waals surface area contributed by atoms with Gasteiger partial charge >= 0.3 is 0 Å². The van der Waals surface area contributed by atoms with Gasteiger partial charge in [0.25, 0.3) is 0 Å². The quantitative estimate of drug-likeness (QED) is 0.834. The molecule has 94 valence electrons. The van der Waals surface area contributed by atoms with Gasteiger partial charge in [-0.2, -0.15) is 0 Å². The molecule has 1 N–H and O–H groups in total. The van der Waals surface area contributed by atoms with Crippen molar-refractivity contribution in [2.75, 3.05) is 6.35 Å². The summed E-state index contributed by atoms with van der Waals surface area (Å²) < 4.78 is 17.6. The molecule has 1 saturated carbocycles. The van der Waals surface area contributed by atoms with Crippen LogP contribution >= 0.6 is 7.37 Å². The Bertz CT molecular complexity index is 385. The van der Waals surface area contributed by atoms with E-state index in [4.69, 9.17) is 4.74 Å². The van der Waals surface area contributed by atoms with Crippen LogP contribution in [0, 0.1) is 0 Å². The molecule has 1 atom stereocenters. The van der Waals surface area contributed by atoms with Gasteiger partial charge < -0.3 is 9.63 Å². The van der Waals surface area contributed by atoms with E-state index in [1.807, 2.05) is 18.2 Å². The highest BCUT2D eigenvalue weighted by Crippen LogP contribution is 2.51. The number of hydrogen-bond donors (Lipinski definition) is 1. The second-order valence-corrected chi connectivity index (χ2v) is 7.13. The van der Waals surface area contributed by atoms with Crippen molar-refractivity contribution in [1.82, 2.24) is 0 Å². The fourth-order valence-corrected chi connectivity index (χ4v) is 3.99. The standard InChI is InChI=1S/C13H19O3P/c14-17(15,13-9-5-2-6-10-13)11-16-12-7-3-1-4-8-12/h1,3-4,7-8,13H,2,5-6,9-11H2,(H,14,15). The summed E-state index contributed by atoms with van der Waals surface area (Å²) in [6, 6.07) is 9.23. The van der Waals surface area contributed by atoms with Gasteiger partial charge in [-0.3, -0.25) is 4.57 Å². The molecule has 1 aliphatic carbocycles. The van der Waals surface area contributed by atoms with E-state index >= 15 is 0 Å². The van der Waals surface area contributed by atoms with E-state index in [9.17, 15) is 9.46 Å². The summed E-state index contributed by atoms with van der Waals surface area (Å²) in [6.45, 7) is 0. The Morgan fingerprint density at radius 2 is 1.82 bits per heavy atom.